The maximum atomic E-state index is 11.2. The number of aromatic nitrogens is 2. The van der Waals surface area contributed by atoms with Gasteiger partial charge < -0.3 is 4.74 Å². The first-order valence-corrected chi connectivity index (χ1v) is 4.36. The summed E-state index contributed by atoms with van der Waals surface area (Å²) in [5.74, 6) is -0.502. The topological polar surface area (TPSA) is 81.2 Å². The van der Waals surface area contributed by atoms with Gasteiger partial charge in [-0.1, -0.05) is 0 Å². The van der Waals surface area contributed by atoms with Gasteiger partial charge >= 0.3 is 5.97 Å². The Hall–Kier alpha value is -1.98. The van der Waals surface area contributed by atoms with Crippen LogP contribution >= 0.6 is 0 Å². The fraction of sp³-hybridized carbons (Fsp3) is 0.333. The van der Waals surface area contributed by atoms with E-state index in [9.17, 15) is 9.59 Å². The third-order valence-electron chi connectivity index (χ3n) is 1.60. The van der Waals surface area contributed by atoms with Crippen LogP contribution in [0.1, 0.15) is 12.8 Å². The molecule has 0 fully saturated rings. The second-order valence-electron chi connectivity index (χ2n) is 2.70. The Morgan fingerprint density at radius 2 is 2.00 bits per heavy atom. The summed E-state index contributed by atoms with van der Waals surface area (Å²) < 4.78 is 4.40. The molecule has 1 N–H and O–H groups in total. The number of carbonyl (C=O) groups excluding carboxylic acids is 2. The van der Waals surface area contributed by atoms with E-state index in [-0.39, 0.29) is 24.7 Å². The van der Waals surface area contributed by atoms with Crippen molar-refractivity contribution in [2.24, 2.45) is 0 Å². The molecule has 0 saturated carbocycles. The minimum Gasteiger partial charge on any atom is -0.469 e. The molecule has 0 spiro atoms. The third-order valence-corrected chi connectivity index (χ3v) is 1.60. The average molecular weight is 209 g/mol. The number of hydrogen-bond acceptors (Lipinski definition) is 5. The van der Waals surface area contributed by atoms with E-state index < -0.39 is 5.97 Å². The van der Waals surface area contributed by atoms with E-state index in [2.05, 4.69) is 20.0 Å². The van der Waals surface area contributed by atoms with Gasteiger partial charge in [0.25, 0.3) is 0 Å². The summed E-state index contributed by atoms with van der Waals surface area (Å²) in [5, 5.41) is 2.45. The van der Waals surface area contributed by atoms with Crippen LogP contribution in [0.3, 0.4) is 0 Å². The Bertz CT molecular complexity index is 340. The molecule has 80 valence electrons. The van der Waals surface area contributed by atoms with Crippen LogP contribution in [0.25, 0.3) is 0 Å². The molecule has 1 aromatic rings. The fourth-order valence-corrected chi connectivity index (χ4v) is 0.868. The summed E-state index contributed by atoms with van der Waals surface area (Å²) in [6.07, 6.45) is 3.14. The minimum atomic E-state index is -0.417. The van der Waals surface area contributed by atoms with E-state index in [0.29, 0.717) is 0 Å². The lowest BCUT2D eigenvalue weighted by Crippen LogP contribution is -2.15. The van der Waals surface area contributed by atoms with Crippen molar-refractivity contribution in [3.63, 3.8) is 0 Å². The lowest BCUT2D eigenvalue weighted by atomic mass is 10.3. The number of methoxy groups -OCH3 is 1. The highest BCUT2D eigenvalue weighted by atomic mass is 16.5. The number of carbonyl (C=O) groups is 2. The van der Waals surface area contributed by atoms with Gasteiger partial charge in [0.1, 0.15) is 0 Å². The molecular formula is C9H11N3O3. The number of nitrogens with one attached hydrogen (secondary N) is 1. The van der Waals surface area contributed by atoms with Crippen molar-refractivity contribution < 1.29 is 14.3 Å². The second-order valence-corrected chi connectivity index (χ2v) is 2.70. The molecule has 1 aromatic heterocycles. The van der Waals surface area contributed by atoms with Crippen molar-refractivity contribution in [1.82, 2.24) is 9.97 Å². The number of anilines is 1. The van der Waals surface area contributed by atoms with Crippen LogP contribution in [-0.2, 0) is 14.3 Å². The van der Waals surface area contributed by atoms with E-state index in [1.54, 1.807) is 6.07 Å². The first kappa shape index (κ1) is 11.1. The zero-order valence-electron chi connectivity index (χ0n) is 8.27. The first-order chi connectivity index (χ1) is 7.22. The Morgan fingerprint density at radius 1 is 1.33 bits per heavy atom. The number of nitrogens with zero attached hydrogens (tertiary/aromatic N) is 2. The molecule has 0 aliphatic carbocycles. The molecule has 1 heterocycles. The lowest BCUT2D eigenvalue weighted by molar-refractivity contribution is -0.141. The smallest absolute Gasteiger partial charge is 0.306 e. The van der Waals surface area contributed by atoms with E-state index >= 15 is 0 Å². The molecule has 0 saturated heterocycles. The van der Waals surface area contributed by atoms with E-state index in [1.807, 2.05) is 0 Å². The Labute approximate surface area is 86.7 Å². The molecule has 0 atom stereocenters. The lowest BCUT2D eigenvalue weighted by Gasteiger charge is -2.01. The van der Waals surface area contributed by atoms with Gasteiger partial charge in [-0.05, 0) is 6.07 Å². The molecule has 1 rings (SSSR count). The van der Waals surface area contributed by atoms with Crippen LogP contribution in [0.4, 0.5) is 5.95 Å². The van der Waals surface area contributed by atoms with Crippen molar-refractivity contribution in [2.75, 3.05) is 12.4 Å². The molecule has 6 nitrogen and oxygen atoms in total. The maximum absolute atomic E-state index is 11.2. The van der Waals surface area contributed by atoms with Gasteiger partial charge in [-0.3, -0.25) is 14.9 Å². The Kier molecular flexibility index (Phi) is 4.21. The normalized spacial score (nSPS) is 9.40. The van der Waals surface area contributed by atoms with Crippen molar-refractivity contribution in [3.05, 3.63) is 18.5 Å². The molecule has 0 aromatic carbocycles. The molecule has 1 amide bonds. The summed E-state index contributed by atoms with van der Waals surface area (Å²) in [5.41, 5.74) is 0. The maximum Gasteiger partial charge on any atom is 0.306 e. The first-order valence-electron chi connectivity index (χ1n) is 4.36. The summed E-state index contributed by atoms with van der Waals surface area (Å²) in [6, 6.07) is 1.64. The van der Waals surface area contributed by atoms with Gasteiger partial charge in [0.05, 0.1) is 13.5 Å². The summed E-state index contributed by atoms with van der Waals surface area (Å²) >= 11 is 0. The standard InChI is InChI=1S/C9H11N3O3/c1-15-8(14)4-3-7(13)12-9-10-5-2-6-11-9/h2,5-6H,3-4H2,1H3,(H,10,11,12,13). The van der Waals surface area contributed by atoms with Crippen LogP contribution in [0, 0.1) is 0 Å². The van der Waals surface area contributed by atoms with Crippen LogP contribution in [-0.4, -0.2) is 29.0 Å². The molecule has 6 heteroatoms. The number of ether oxygens (including phenoxy) is 1. The number of amides is 1. The highest BCUT2D eigenvalue weighted by Gasteiger charge is 2.07. The van der Waals surface area contributed by atoms with E-state index in [0.717, 1.165) is 0 Å². The van der Waals surface area contributed by atoms with Gasteiger partial charge in [-0.15, -0.1) is 0 Å². The predicted octanol–water partition coefficient (Wildman–Crippen LogP) is 0.368. The monoisotopic (exact) mass is 209 g/mol. The zero-order chi connectivity index (χ0) is 11.1. The second kappa shape index (κ2) is 5.69. The third kappa shape index (κ3) is 4.17. The van der Waals surface area contributed by atoms with Crippen molar-refractivity contribution in [3.8, 4) is 0 Å². The summed E-state index contributed by atoms with van der Waals surface area (Å²) in [4.78, 5) is 29.6. The van der Waals surface area contributed by atoms with Crippen LogP contribution < -0.4 is 5.32 Å². The van der Waals surface area contributed by atoms with Gasteiger partial charge in [-0.2, -0.15) is 0 Å². The minimum absolute atomic E-state index is 0.0508. The van der Waals surface area contributed by atoms with Gasteiger partial charge in [0.15, 0.2) is 0 Å². The van der Waals surface area contributed by atoms with Crippen molar-refractivity contribution in [1.29, 1.82) is 0 Å². The van der Waals surface area contributed by atoms with E-state index in [4.69, 9.17) is 0 Å². The molecule has 0 bridgehead atoms. The van der Waals surface area contributed by atoms with E-state index in [1.165, 1.54) is 19.5 Å². The highest BCUT2D eigenvalue weighted by molar-refractivity contribution is 5.90. The number of hydrogen-bond donors (Lipinski definition) is 1. The summed E-state index contributed by atoms with van der Waals surface area (Å²) in [7, 11) is 1.28. The Morgan fingerprint density at radius 3 is 2.60 bits per heavy atom. The number of rotatable bonds is 4. The van der Waals surface area contributed by atoms with Gasteiger partial charge in [0, 0.05) is 18.8 Å². The van der Waals surface area contributed by atoms with Crippen LogP contribution in [0.2, 0.25) is 0 Å². The molecule has 0 aliphatic heterocycles. The largest absolute Gasteiger partial charge is 0.469 e. The SMILES string of the molecule is COC(=O)CCC(=O)Nc1ncccn1. The molecule has 15 heavy (non-hydrogen) atoms. The highest BCUT2D eigenvalue weighted by Crippen LogP contribution is 1.98. The summed E-state index contributed by atoms with van der Waals surface area (Å²) in [6.45, 7) is 0. The van der Waals surface area contributed by atoms with Crippen molar-refractivity contribution in [2.45, 2.75) is 12.8 Å². The molecular weight excluding hydrogens is 198 g/mol. The van der Waals surface area contributed by atoms with Crippen molar-refractivity contribution >= 4 is 17.8 Å². The van der Waals surface area contributed by atoms with Gasteiger partial charge in [0.2, 0.25) is 11.9 Å². The van der Waals surface area contributed by atoms with Crippen LogP contribution in [0.5, 0.6) is 0 Å². The fourth-order valence-electron chi connectivity index (χ4n) is 0.868. The molecule has 0 radical (unpaired) electrons. The average Bonchev–Trinajstić information content (AvgIpc) is 2.27. The number of esters is 1. The molecule has 0 unspecified atom stereocenters. The zero-order valence-corrected chi connectivity index (χ0v) is 8.27. The van der Waals surface area contributed by atoms with Crippen LogP contribution in [0.15, 0.2) is 18.5 Å². The molecule has 0 aliphatic rings. The Balaban J connectivity index is 2.34. The quantitative estimate of drug-likeness (QED) is 0.724. The predicted molar refractivity (Wildman–Crippen MR) is 51.9 cm³/mol. The van der Waals surface area contributed by atoms with Gasteiger partial charge in [-0.25, -0.2) is 9.97 Å².